The van der Waals surface area contributed by atoms with Gasteiger partial charge in [0.15, 0.2) is 11.0 Å². The van der Waals surface area contributed by atoms with Crippen LogP contribution in [0.4, 0.5) is 10.1 Å². The molecule has 0 saturated carbocycles. The van der Waals surface area contributed by atoms with Gasteiger partial charge in [-0.05, 0) is 43.2 Å². The molecule has 0 N–H and O–H groups in total. The van der Waals surface area contributed by atoms with E-state index in [-0.39, 0.29) is 11.7 Å². The summed E-state index contributed by atoms with van der Waals surface area (Å²) < 4.78 is 16.5. The highest BCUT2D eigenvalue weighted by Gasteiger charge is 2.24. The van der Waals surface area contributed by atoms with Crippen molar-refractivity contribution in [2.24, 2.45) is 0 Å². The number of benzene rings is 3. The van der Waals surface area contributed by atoms with Crippen molar-refractivity contribution in [3.8, 4) is 11.4 Å². The minimum atomic E-state index is -0.400. The van der Waals surface area contributed by atoms with Crippen molar-refractivity contribution in [3.05, 3.63) is 96.3 Å². The number of halogens is 1. The third-order valence-electron chi connectivity index (χ3n) is 5.40. The van der Waals surface area contributed by atoms with Crippen molar-refractivity contribution in [1.82, 2.24) is 14.8 Å². The Labute approximate surface area is 197 Å². The maximum Gasteiger partial charge on any atom is 0.240 e. The largest absolute Gasteiger partial charge is 0.315 e. The molecular formula is C26H25FN4OS. The van der Waals surface area contributed by atoms with E-state index in [1.165, 1.54) is 17.8 Å². The number of anilines is 1. The van der Waals surface area contributed by atoms with Gasteiger partial charge in [0.25, 0.3) is 0 Å². The van der Waals surface area contributed by atoms with Crippen molar-refractivity contribution in [3.63, 3.8) is 0 Å². The smallest absolute Gasteiger partial charge is 0.240 e. The first-order valence-corrected chi connectivity index (χ1v) is 11.6. The van der Waals surface area contributed by atoms with Crippen LogP contribution in [0.15, 0.2) is 90.1 Å². The first-order valence-electron chi connectivity index (χ1n) is 10.8. The lowest BCUT2D eigenvalue weighted by Gasteiger charge is -2.21. The fourth-order valence-corrected chi connectivity index (χ4v) is 4.53. The first kappa shape index (κ1) is 22.7. The van der Waals surface area contributed by atoms with E-state index in [2.05, 4.69) is 22.3 Å². The summed E-state index contributed by atoms with van der Waals surface area (Å²) in [5.74, 6) is 0.0641. The van der Waals surface area contributed by atoms with Crippen LogP contribution in [0.5, 0.6) is 0 Å². The van der Waals surface area contributed by atoms with Crippen LogP contribution in [0.1, 0.15) is 12.5 Å². The van der Waals surface area contributed by atoms with E-state index in [9.17, 15) is 9.18 Å². The Morgan fingerprint density at radius 2 is 1.61 bits per heavy atom. The van der Waals surface area contributed by atoms with Gasteiger partial charge in [-0.25, -0.2) is 4.39 Å². The number of rotatable bonds is 8. The Kier molecular flexibility index (Phi) is 7.19. The number of hydrogen-bond acceptors (Lipinski definition) is 4. The highest BCUT2D eigenvalue weighted by molar-refractivity contribution is 8.00. The number of aromatic nitrogens is 3. The van der Waals surface area contributed by atoms with Gasteiger partial charge in [0.2, 0.25) is 5.91 Å². The molecule has 1 heterocycles. The van der Waals surface area contributed by atoms with Crippen LogP contribution >= 0.6 is 11.8 Å². The molecule has 33 heavy (non-hydrogen) atoms. The molecule has 4 aromatic rings. The Bertz CT molecular complexity index is 1210. The number of nitrogens with zero attached hydrogens (tertiary/aromatic N) is 4. The Balaban J connectivity index is 1.60. The fraction of sp³-hybridized carbons (Fsp3) is 0.192. The number of thioether (sulfide) groups is 1. The molecule has 0 aliphatic carbocycles. The zero-order valence-electron chi connectivity index (χ0n) is 18.6. The summed E-state index contributed by atoms with van der Waals surface area (Å²) in [5.41, 5.74) is 2.38. The van der Waals surface area contributed by atoms with E-state index in [1.807, 2.05) is 60.0 Å². The lowest BCUT2D eigenvalue weighted by Crippen LogP contribution is -2.33. The predicted molar refractivity (Wildman–Crippen MR) is 131 cm³/mol. The third kappa shape index (κ3) is 5.31. The van der Waals surface area contributed by atoms with Crippen LogP contribution in [-0.2, 0) is 17.8 Å². The van der Waals surface area contributed by atoms with E-state index < -0.39 is 5.25 Å². The molecular weight excluding hydrogens is 435 g/mol. The van der Waals surface area contributed by atoms with Crippen molar-refractivity contribution < 1.29 is 9.18 Å². The maximum absolute atomic E-state index is 14.6. The molecule has 0 bridgehead atoms. The van der Waals surface area contributed by atoms with Gasteiger partial charge in [-0.1, -0.05) is 72.4 Å². The van der Waals surface area contributed by atoms with E-state index in [0.29, 0.717) is 23.1 Å². The van der Waals surface area contributed by atoms with Gasteiger partial charge in [0.05, 0.1) is 10.8 Å². The number of para-hydroxylation sites is 1. The highest BCUT2D eigenvalue weighted by Crippen LogP contribution is 2.29. The molecule has 0 fully saturated rings. The molecule has 0 unspecified atom stereocenters. The van der Waals surface area contributed by atoms with Crippen molar-refractivity contribution in [1.29, 1.82) is 0 Å². The quantitative estimate of drug-likeness (QED) is 0.327. The molecule has 0 aliphatic heterocycles. The summed E-state index contributed by atoms with van der Waals surface area (Å²) in [4.78, 5) is 14.7. The second-order valence-electron chi connectivity index (χ2n) is 7.67. The molecule has 3 aromatic carbocycles. The standard InChI is InChI=1S/C26H25FN4OS/c1-19(25(32)30(2)21-13-7-4-8-14-21)33-26-29-28-24(22-15-9-10-16-23(22)27)31(26)18-17-20-11-5-3-6-12-20/h3-16,19H,17-18H2,1-2H3/t19-/m0/s1. The normalized spacial score (nSPS) is 11.8. The molecule has 5 nitrogen and oxygen atoms in total. The van der Waals surface area contributed by atoms with E-state index in [1.54, 1.807) is 30.1 Å². The summed E-state index contributed by atoms with van der Waals surface area (Å²) in [6, 6.07) is 26.1. The van der Waals surface area contributed by atoms with E-state index in [4.69, 9.17) is 0 Å². The second-order valence-corrected chi connectivity index (χ2v) is 8.97. The summed E-state index contributed by atoms with van der Waals surface area (Å²) in [6.07, 6.45) is 0.736. The van der Waals surface area contributed by atoms with Gasteiger partial charge in [-0.3, -0.25) is 4.79 Å². The Morgan fingerprint density at radius 1 is 0.970 bits per heavy atom. The zero-order valence-corrected chi connectivity index (χ0v) is 19.4. The van der Waals surface area contributed by atoms with Gasteiger partial charge in [-0.15, -0.1) is 10.2 Å². The minimum absolute atomic E-state index is 0.0451. The molecule has 4 rings (SSSR count). The van der Waals surface area contributed by atoms with Gasteiger partial charge in [-0.2, -0.15) is 0 Å². The molecule has 168 valence electrons. The van der Waals surface area contributed by atoms with Crippen molar-refractivity contribution in [2.45, 2.75) is 30.3 Å². The summed E-state index contributed by atoms with van der Waals surface area (Å²) in [7, 11) is 1.76. The zero-order chi connectivity index (χ0) is 23.2. The number of hydrogen-bond donors (Lipinski definition) is 0. The lowest BCUT2D eigenvalue weighted by atomic mass is 10.1. The molecule has 7 heteroatoms. The third-order valence-corrected chi connectivity index (χ3v) is 6.47. The monoisotopic (exact) mass is 460 g/mol. The van der Waals surface area contributed by atoms with Crippen LogP contribution in [0, 0.1) is 5.82 Å². The SMILES string of the molecule is C[C@H](Sc1nnc(-c2ccccc2F)n1CCc1ccccc1)C(=O)N(C)c1ccccc1. The Morgan fingerprint density at radius 3 is 2.30 bits per heavy atom. The lowest BCUT2D eigenvalue weighted by molar-refractivity contribution is -0.117. The molecule has 0 radical (unpaired) electrons. The van der Waals surface area contributed by atoms with Crippen molar-refractivity contribution in [2.75, 3.05) is 11.9 Å². The molecule has 1 amide bonds. The van der Waals surface area contributed by atoms with Crippen LogP contribution in [-0.4, -0.2) is 33.0 Å². The molecule has 1 atom stereocenters. The van der Waals surface area contributed by atoms with Crippen molar-refractivity contribution >= 4 is 23.4 Å². The maximum atomic E-state index is 14.6. The second kappa shape index (κ2) is 10.4. The number of amides is 1. The van der Waals surface area contributed by atoms with Gasteiger partial charge < -0.3 is 9.47 Å². The van der Waals surface area contributed by atoms with Crippen LogP contribution < -0.4 is 4.90 Å². The van der Waals surface area contributed by atoms with E-state index >= 15 is 0 Å². The first-order chi connectivity index (χ1) is 16.0. The number of aryl methyl sites for hydroxylation is 1. The average Bonchev–Trinajstić information content (AvgIpc) is 3.25. The average molecular weight is 461 g/mol. The summed E-state index contributed by atoms with van der Waals surface area (Å²) in [5, 5.41) is 8.83. The summed E-state index contributed by atoms with van der Waals surface area (Å²) in [6.45, 7) is 2.42. The van der Waals surface area contributed by atoms with Crippen LogP contribution in [0.3, 0.4) is 0 Å². The molecule has 1 aromatic heterocycles. The van der Waals surface area contributed by atoms with Crippen LogP contribution in [0.25, 0.3) is 11.4 Å². The van der Waals surface area contributed by atoms with Gasteiger partial charge in [0.1, 0.15) is 5.82 Å². The number of carbonyl (C=O) groups is 1. The topological polar surface area (TPSA) is 51.0 Å². The summed E-state index contributed by atoms with van der Waals surface area (Å²) >= 11 is 1.33. The fourth-order valence-electron chi connectivity index (χ4n) is 3.56. The molecule has 0 spiro atoms. The predicted octanol–water partition coefficient (Wildman–Crippen LogP) is 5.47. The molecule has 0 saturated heterocycles. The highest BCUT2D eigenvalue weighted by atomic mass is 32.2. The Hall–Kier alpha value is -3.45. The minimum Gasteiger partial charge on any atom is -0.315 e. The van der Waals surface area contributed by atoms with Crippen LogP contribution in [0.2, 0.25) is 0 Å². The van der Waals surface area contributed by atoms with Gasteiger partial charge in [0, 0.05) is 19.3 Å². The molecule has 0 aliphatic rings. The van der Waals surface area contributed by atoms with Gasteiger partial charge >= 0.3 is 0 Å². The number of carbonyl (C=O) groups excluding carboxylic acids is 1. The van der Waals surface area contributed by atoms with E-state index in [0.717, 1.165) is 17.7 Å².